The average Bonchev–Trinajstić information content (AvgIpc) is 2.72. The van der Waals surface area contributed by atoms with Crippen LogP contribution in [0.2, 0.25) is 5.15 Å². The van der Waals surface area contributed by atoms with Gasteiger partial charge >= 0.3 is 5.97 Å². The number of pyridine rings is 1. The molecule has 0 aromatic carbocycles. The van der Waals surface area contributed by atoms with Gasteiger partial charge in [0, 0.05) is 13.2 Å². The Morgan fingerprint density at radius 3 is 2.22 bits per heavy atom. The van der Waals surface area contributed by atoms with Crippen LogP contribution in [0.3, 0.4) is 0 Å². The Morgan fingerprint density at radius 2 is 1.67 bits per heavy atom. The zero-order valence-electron chi connectivity index (χ0n) is 15.4. The van der Waals surface area contributed by atoms with E-state index in [9.17, 15) is 14.4 Å². The highest BCUT2D eigenvalue weighted by Crippen LogP contribution is 2.57. The van der Waals surface area contributed by atoms with Gasteiger partial charge in [-0.15, -0.1) is 0 Å². The van der Waals surface area contributed by atoms with Crippen molar-refractivity contribution in [2.45, 2.75) is 38.5 Å². The number of hydrogen-bond acceptors (Lipinski definition) is 6. The Labute approximate surface area is 162 Å². The van der Waals surface area contributed by atoms with Gasteiger partial charge in [-0.1, -0.05) is 11.6 Å². The molecule has 0 saturated heterocycles. The zero-order chi connectivity index (χ0) is 19.7. The molecule has 2 amide bonds. The average molecular weight is 395 g/mol. The number of halogens is 1. The summed E-state index contributed by atoms with van der Waals surface area (Å²) in [5.74, 6) is -0.884. The summed E-state index contributed by atoms with van der Waals surface area (Å²) in [6, 6.07) is 1.53. The van der Waals surface area contributed by atoms with Crippen LogP contribution in [-0.2, 0) is 14.3 Å². The first-order chi connectivity index (χ1) is 12.9. The Hall–Kier alpha value is -2.35. The lowest BCUT2D eigenvalue weighted by molar-refractivity contribution is -0.166. The molecule has 3 saturated carbocycles. The summed E-state index contributed by atoms with van der Waals surface area (Å²) in [5.41, 5.74) is 4.79. The summed E-state index contributed by atoms with van der Waals surface area (Å²) in [5, 5.41) is 3.13. The lowest BCUT2D eigenvalue weighted by Gasteiger charge is -2.50. The number of hydrogen-bond donors (Lipinski definition) is 3. The first-order valence-corrected chi connectivity index (χ1v) is 9.26. The number of carbonyl (C=O) groups excluding carboxylic acids is 3. The molecule has 3 aliphatic carbocycles. The minimum Gasteiger partial charge on any atom is -0.469 e. The molecule has 27 heavy (non-hydrogen) atoms. The molecule has 8 nitrogen and oxygen atoms in total. The Morgan fingerprint density at radius 1 is 1.07 bits per heavy atom. The van der Waals surface area contributed by atoms with E-state index >= 15 is 0 Å². The fourth-order valence-electron chi connectivity index (χ4n) is 4.18. The molecule has 0 aliphatic heterocycles. The number of carbonyl (C=O) groups is 3. The molecule has 146 valence electrons. The van der Waals surface area contributed by atoms with E-state index in [4.69, 9.17) is 16.3 Å². The van der Waals surface area contributed by atoms with Crippen molar-refractivity contribution in [3.05, 3.63) is 23.0 Å². The van der Waals surface area contributed by atoms with Crippen molar-refractivity contribution in [2.24, 2.45) is 10.8 Å². The van der Waals surface area contributed by atoms with Crippen molar-refractivity contribution in [2.75, 3.05) is 19.5 Å². The highest BCUT2D eigenvalue weighted by molar-refractivity contribution is 6.29. The van der Waals surface area contributed by atoms with Crippen molar-refractivity contribution in [3.63, 3.8) is 0 Å². The maximum Gasteiger partial charge on any atom is 0.311 e. The SMILES string of the molecule is CNc1cc(Cl)ncc1C(=O)NNC(=O)C12CCC(C(=O)OC)(CC1)CC2. The largest absolute Gasteiger partial charge is 0.469 e. The van der Waals surface area contributed by atoms with Gasteiger partial charge in [-0.25, -0.2) is 4.98 Å². The predicted molar refractivity (Wildman–Crippen MR) is 99.0 cm³/mol. The summed E-state index contributed by atoms with van der Waals surface area (Å²) in [6.45, 7) is 0. The number of aromatic nitrogens is 1. The molecule has 0 atom stereocenters. The Bertz CT molecular complexity index is 758. The van der Waals surface area contributed by atoms with Crippen LogP contribution in [0.15, 0.2) is 12.3 Å². The molecule has 0 spiro atoms. The molecule has 9 heteroatoms. The van der Waals surface area contributed by atoms with E-state index in [1.165, 1.54) is 19.4 Å². The standard InChI is InChI=1S/C18H23ClN4O4/c1-20-12-9-13(19)21-10-11(12)14(24)22-23-15(25)17-3-6-18(7-4-17,8-5-17)16(26)27-2/h9-10H,3-8H2,1-2H3,(H,20,21)(H,22,24)(H,23,25). The minimum atomic E-state index is -0.548. The molecule has 3 fully saturated rings. The zero-order valence-corrected chi connectivity index (χ0v) is 16.1. The van der Waals surface area contributed by atoms with E-state index in [1.54, 1.807) is 7.05 Å². The van der Waals surface area contributed by atoms with E-state index < -0.39 is 16.7 Å². The molecule has 3 N–H and O–H groups in total. The minimum absolute atomic E-state index is 0.181. The molecule has 0 unspecified atom stereocenters. The van der Waals surface area contributed by atoms with Crippen LogP contribution >= 0.6 is 11.6 Å². The molecule has 1 aromatic rings. The van der Waals surface area contributed by atoms with Crippen molar-refractivity contribution in [3.8, 4) is 0 Å². The highest BCUT2D eigenvalue weighted by Gasteiger charge is 2.56. The monoisotopic (exact) mass is 394 g/mol. The molecule has 1 heterocycles. The van der Waals surface area contributed by atoms with Gasteiger partial charge in [-0.2, -0.15) is 0 Å². The summed E-state index contributed by atoms with van der Waals surface area (Å²) in [7, 11) is 3.07. The fourth-order valence-corrected chi connectivity index (χ4v) is 4.34. The topological polar surface area (TPSA) is 109 Å². The van der Waals surface area contributed by atoms with Crippen molar-refractivity contribution in [1.82, 2.24) is 15.8 Å². The molecular weight excluding hydrogens is 372 g/mol. The first kappa shape index (κ1) is 19.4. The molecule has 4 rings (SSSR count). The van der Waals surface area contributed by atoms with Gasteiger partial charge < -0.3 is 10.1 Å². The quantitative estimate of drug-likeness (QED) is 0.409. The van der Waals surface area contributed by atoms with Crippen LogP contribution in [0.5, 0.6) is 0 Å². The van der Waals surface area contributed by atoms with Gasteiger partial charge in [0.25, 0.3) is 5.91 Å². The fraction of sp³-hybridized carbons (Fsp3) is 0.556. The van der Waals surface area contributed by atoms with Crippen molar-refractivity contribution in [1.29, 1.82) is 0 Å². The second-order valence-electron chi connectivity index (χ2n) is 7.26. The van der Waals surface area contributed by atoms with Crippen LogP contribution < -0.4 is 16.2 Å². The van der Waals surface area contributed by atoms with Gasteiger partial charge in [0.1, 0.15) is 5.15 Å². The third-order valence-electron chi connectivity index (χ3n) is 6.02. The number of rotatable bonds is 4. The van der Waals surface area contributed by atoms with Gasteiger partial charge in [0.05, 0.1) is 29.2 Å². The van der Waals surface area contributed by atoms with E-state index in [0.717, 1.165) is 0 Å². The number of nitrogens with zero attached hydrogens (tertiary/aromatic N) is 1. The van der Waals surface area contributed by atoms with E-state index in [0.29, 0.717) is 44.2 Å². The van der Waals surface area contributed by atoms with Crippen molar-refractivity contribution < 1.29 is 19.1 Å². The van der Waals surface area contributed by atoms with E-state index in [-0.39, 0.29) is 22.6 Å². The van der Waals surface area contributed by atoms with Gasteiger partial charge in [-0.05, 0) is 44.6 Å². The van der Waals surface area contributed by atoms with E-state index in [2.05, 4.69) is 21.2 Å². The Balaban J connectivity index is 1.62. The van der Waals surface area contributed by atoms with Crippen LogP contribution in [0.1, 0.15) is 48.9 Å². The maximum atomic E-state index is 12.8. The number of esters is 1. The van der Waals surface area contributed by atoms with Gasteiger partial charge in [-0.3, -0.25) is 25.2 Å². The molecular formula is C18H23ClN4O4. The number of anilines is 1. The van der Waals surface area contributed by atoms with E-state index in [1.807, 2.05) is 0 Å². The van der Waals surface area contributed by atoms with Crippen molar-refractivity contribution >= 4 is 35.1 Å². The molecule has 0 radical (unpaired) electrons. The summed E-state index contributed by atoms with van der Waals surface area (Å²) in [4.78, 5) is 41.1. The number of fused-ring (bicyclic) bond motifs is 3. The number of methoxy groups -OCH3 is 1. The summed E-state index contributed by atoms with van der Waals surface area (Å²) >= 11 is 5.83. The predicted octanol–water partition coefficient (Wildman–Crippen LogP) is 2.05. The second kappa shape index (κ2) is 7.34. The number of ether oxygens (including phenoxy) is 1. The van der Waals surface area contributed by atoms with Gasteiger partial charge in [0.15, 0.2) is 0 Å². The number of nitrogens with one attached hydrogen (secondary N) is 3. The third kappa shape index (κ3) is 3.45. The molecule has 3 aliphatic rings. The normalized spacial score (nSPS) is 26.2. The number of hydrazine groups is 1. The lowest BCUT2D eigenvalue weighted by atomic mass is 9.53. The molecule has 1 aromatic heterocycles. The maximum absolute atomic E-state index is 12.8. The number of amides is 2. The summed E-state index contributed by atoms with van der Waals surface area (Å²) < 4.78 is 4.94. The molecule has 2 bridgehead atoms. The smallest absolute Gasteiger partial charge is 0.311 e. The van der Waals surface area contributed by atoms with Gasteiger partial charge in [0.2, 0.25) is 5.91 Å². The second-order valence-corrected chi connectivity index (χ2v) is 7.65. The Kier molecular flexibility index (Phi) is 5.28. The summed E-state index contributed by atoms with van der Waals surface area (Å²) in [6.07, 6.45) is 5.06. The van der Waals surface area contributed by atoms with Crippen LogP contribution in [-0.4, -0.2) is 36.9 Å². The third-order valence-corrected chi connectivity index (χ3v) is 6.23. The first-order valence-electron chi connectivity index (χ1n) is 8.88. The van der Waals surface area contributed by atoms with Crippen LogP contribution in [0, 0.1) is 10.8 Å². The van der Waals surface area contributed by atoms with Crippen LogP contribution in [0.4, 0.5) is 5.69 Å². The van der Waals surface area contributed by atoms with Crippen LogP contribution in [0.25, 0.3) is 0 Å². The highest BCUT2D eigenvalue weighted by atomic mass is 35.5. The lowest BCUT2D eigenvalue weighted by Crippen LogP contribution is -2.55.